The zero-order chi connectivity index (χ0) is 5.82. The molecule has 0 unspecified atom stereocenters. The third kappa shape index (κ3) is 1.54. The maximum atomic E-state index is 5.48. The van der Waals surface area contributed by atoms with Crippen LogP contribution in [0.3, 0.4) is 0 Å². The van der Waals surface area contributed by atoms with E-state index in [0.29, 0.717) is 0 Å². The fraction of sp³-hybridized carbons (Fsp3) is 0.667. The van der Waals surface area contributed by atoms with Crippen molar-refractivity contribution in [3.63, 3.8) is 0 Å². The van der Waals surface area contributed by atoms with Crippen LogP contribution >= 0.6 is 0 Å². The number of hydrazine groups is 1. The van der Waals surface area contributed by atoms with Crippen molar-refractivity contribution in [1.29, 1.82) is 0 Å². The maximum absolute atomic E-state index is 5.48. The first-order valence-electron chi connectivity index (χ1n) is 3.07. The highest BCUT2D eigenvalue weighted by Gasteiger charge is 1.94. The molecule has 1 rings (SSSR count). The third-order valence-electron chi connectivity index (χ3n) is 1.33. The van der Waals surface area contributed by atoms with Gasteiger partial charge >= 0.3 is 0 Å². The van der Waals surface area contributed by atoms with Crippen molar-refractivity contribution in [2.24, 2.45) is 5.84 Å². The minimum absolute atomic E-state index is 1.01. The lowest BCUT2D eigenvalue weighted by atomic mass is 10.2. The molecule has 2 nitrogen and oxygen atoms in total. The van der Waals surface area contributed by atoms with E-state index in [1.807, 2.05) is 6.20 Å². The molecule has 1 heterocycles. The van der Waals surface area contributed by atoms with Crippen LogP contribution in [0, 0.1) is 0 Å². The highest BCUT2D eigenvalue weighted by Crippen LogP contribution is 2.02. The Morgan fingerprint density at radius 2 is 2.25 bits per heavy atom. The third-order valence-corrected chi connectivity index (χ3v) is 1.33. The van der Waals surface area contributed by atoms with Crippen molar-refractivity contribution in [2.45, 2.75) is 19.3 Å². The van der Waals surface area contributed by atoms with Gasteiger partial charge in [0.1, 0.15) is 0 Å². The molecule has 0 aromatic heterocycles. The number of nitrogens with two attached hydrogens (primary N) is 1. The van der Waals surface area contributed by atoms with Gasteiger partial charge in [-0.15, -0.1) is 0 Å². The van der Waals surface area contributed by atoms with Crippen LogP contribution in [0.25, 0.3) is 0 Å². The van der Waals surface area contributed by atoms with Gasteiger partial charge < -0.3 is 5.01 Å². The van der Waals surface area contributed by atoms with Crippen LogP contribution in [0.2, 0.25) is 0 Å². The zero-order valence-corrected chi connectivity index (χ0v) is 5.01. The predicted octanol–water partition coefficient (Wildman–Crippen LogP) is 0.860. The predicted molar refractivity (Wildman–Crippen MR) is 33.9 cm³/mol. The first kappa shape index (κ1) is 5.63. The van der Waals surface area contributed by atoms with Crippen molar-refractivity contribution in [3.05, 3.63) is 12.3 Å². The minimum Gasteiger partial charge on any atom is -0.319 e. The van der Waals surface area contributed by atoms with Gasteiger partial charge in [0.15, 0.2) is 0 Å². The maximum Gasteiger partial charge on any atom is 0.0335 e. The lowest BCUT2D eigenvalue weighted by Gasteiger charge is -2.08. The molecule has 0 atom stereocenters. The standard InChI is InChI=1S/C6H12N2/c7-8-5-3-1-2-4-6-8/h3,5H,1-2,4,6-7H2. The summed E-state index contributed by atoms with van der Waals surface area (Å²) in [7, 11) is 0. The molecule has 0 saturated heterocycles. The lowest BCUT2D eigenvalue weighted by molar-refractivity contribution is 0.391. The summed E-state index contributed by atoms with van der Waals surface area (Å²) in [6.45, 7) is 1.01. The van der Waals surface area contributed by atoms with Crippen LogP contribution in [0.5, 0.6) is 0 Å². The number of hydrogen-bond donors (Lipinski definition) is 1. The summed E-state index contributed by atoms with van der Waals surface area (Å²) in [6, 6.07) is 0. The second-order valence-corrected chi connectivity index (χ2v) is 2.12. The van der Waals surface area contributed by atoms with E-state index >= 15 is 0 Å². The van der Waals surface area contributed by atoms with Crippen molar-refractivity contribution in [3.8, 4) is 0 Å². The Balaban J connectivity index is 2.33. The van der Waals surface area contributed by atoms with Gasteiger partial charge in [0.2, 0.25) is 0 Å². The monoisotopic (exact) mass is 112 g/mol. The molecule has 0 bridgehead atoms. The zero-order valence-electron chi connectivity index (χ0n) is 5.01. The normalized spacial score (nSPS) is 20.9. The quantitative estimate of drug-likeness (QED) is 0.471. The SMILES string of the molecule is NN1C=CCCCC1. The molecule has 46 valence electrons. The fourth-order valence-electron chi connectivity index (χ4n) is 0.841. The molecule has 2 N–H and O–H groups in total. The van der Waals surface area contributed by atoms with Crippen molar-refractivity contribution >= 4 is 0 Å². The van der Waals surface area contributed by atoms with Crippen LogP contribution < -0.4 is 5.84 Å². The highest BCUT2D eigenvalue weighted by molar-refractivity contribution is 4.82. The minimum atomic E-state index is 1.01. The van der Waals surface area contributed by atoms with E-state index in [1.165, 1.54) is 19.3 Å². The molecule has 0 radical (unpaired) electrons. The summed E-state index contributed by atoms with van der Waals surface area (Å²) in [4.78, 5) is 0. The van der Waals surface area contributed by atoms with Gasteiger partial charge in [-0.3, -0.25) is 0 Å². The van der Waals surface area contributed by atoms with E-state index in [0.717, 1.165) is 6.54 Å². The van der Waals surface area contributed by atoms with Gasteiger partial charge in [0, 0.05) is 12.7 Å². The number of nitrogens with zero attached hydrogens (tertiary/aromatic N) is 1. The molecule has 0 saturated carbocycles. The Kier molecular flexibility index (Phi) is 1.92. The van der Waals surface area contributed by atoms with Gasteiger partial charge in [-0.05, 0) is 19.3 Å². The first-order valence-corrected chi connectivity index (χ1v) is 3.07. The number of allylic oxidation sites excluding steroid dienone is 1. The summed E-state index contributed by atoms with van der Waals surface area (Å²) in [6.07, 6.45) is 7.77. The van der Waals surface area contributed by atoms with E-state index in [9.17, 15) is 0 Å². The molecule has 8 heavy (non-hydrogen) atoms. The summed E-state index contributed by atoms with van der Waals surface area (Å²) in [5.74, 6) is 5.48. The van der Waals surface area contributed by atoms with Gasteiger partial charge in [-0.25, -0.2) is 5.84 Å². The van der Waals surface area contributed by atoms with E-state index in [1.54, 1.807) is 5.01 Å². The molecule has 0 fully saturated rings. The van der Waals surface area contributed by atoms with Crippen LogP contribution in [-0.2, 0) is 0 Å². The van der Waals surface area contributed by atoms with Gasteiger partial charge in [0.05, 0.1) is 0 Å². The smallest absolute Gasteiger partial charge is 0.0335 e. The van der Waals surface area contributed by atoms with Crippen LogP contribution in [0.1, 0.15) is 19.3 Å². The average molecular weight is 112 g/mol. The van der Waals surface area contributed by atoms with Gasteiger partial charge in [0.25, 0.3) is 0 Å². The molecule has 2 heteroatoms. The van der Waals surface area contributed by atoms with Crippen molar-refractivity contribution in [1.82, 2.24) is 5.01 Å². The second-order valence-electron chi connectivity index (χ2n) is 2.12. The summed E-state index contributed by atoms with van der Waals surface area (Å²) in [5, 5.41) is 1.74. The summed E-state index contributed by atoms with van der Waals surface area (Å²) < 4.78 is 0. The average Bonchev–Trinajstić information content (AvgIpc) is 1.94. The fourth-order valence-corrected chi connectivity index (χ4v) is 0.841. The van der Waals surface area contributed by atoms with Crippen molar-refractivity contribution in [2.75, 3.05) is 6.54 Å². The van der Waals surface area contributed by atoms with Gasteiger partial charge in [-0.2, -0.15) is 0 Å². The Labute approximate surface area is 49.9 Å². The Morgan fingerprint density at radius 1 is 1.38 bits per heavy atom. The highest BCUT2D eigenvalue weighted by atomic mass is 15.4. The molecule has 0 aromatic rings. The van der Waals surface area contributed by atoms with E-state index in [-0.39, 0.29) is 0 Å². The van der Waals surface area contributed by atoms with Crippen LogP contribution in [-0.4, -0.2) is 11.6 Å². The van der Waals surface area contributed by atoms with E-state index in [4.69, 9.17) is 5.84 Å². The Morgan fingerprint density at radius 3 is 3.12 bits per heavy atom. The molecule has 0 amide bonds. The topological polar surface area (TPSA) is 29.3 Å². The molecule has 0 aliphatic carbocycles. The molecule has 0 spiro atoms. The van der Waals surface area contributed by atoms with Crippen LogP contribution in [0.15, 0.2) is 12.3 Å². The number of rotatable bonds is 0. The molecule has 0 aromatic carbocycles. The molecule has 1 aliphatic rings. The Hall–Kier alpha value is -0.500. The largest absolute Gasteiger partial charge is 0.319 e. The summed E-state index contributed by atoms with van der Waals surface area (Å²) >= 11 is 0. The number of hydrogen-bond acceptors (Lipinski definition) is 2. The lowest BCUT2D eigenvalue weighted by Crippen LogP contribution is -2.24. The van der Waals surface area contributed by atoms with Gasteiger partial charge in [-0.1, -0.05) is 6.08 Å². The second kappa shape index (κ2) is 2.72. The first-order chi connectivity index (χ1) is 3.89. The van der Waals surface area contributed by atoms with E-state index in [2.05, 4.69) is 6.08 Å². The van der Waals surface area contributed by atoms with Crippen LogP contribution in [0.4, 0.5) is 0 Å². The van der Waals surface area contributed by atoms with E-state index < -0.39 is 0 Å². The Bertz CT molecular complexity index is 88.5. The molecular formula is C6H12N2. The summed E-state index contributed by atoms with van der Waals surface area (Å²) in [5.41, 5.74) is 0. The van der Waals surface area contributed by atoms with Crippen molar-refractivity contribution < 1.29 is 0 Å². The molecular weight excluding hydrogens is 100 g/mol. The molecule has 1 aliphatic heterocycles.